The summed E-state index contributed by atoms with van der Waals surface area (Å²) in [5, 5.41) is 0. The largest absolute Gasteiger partial charge is 0.346 e. The first kappa shape index (κ1) is 9.22. The normalized spacial score (nSPS) is 33.4. The van der Waals surface area contributed by atoms with Gasteiger partial charge in [0.25, 0.3) is 0 Å². The van der Waals surface area contributed by atoms with E-state index in [4.69, 9.17) is 9.47 Å². The van der Waals surface area contributed by atoms with Gasteiger partial charge in [-0.05, 0) is 0 Å². The number of ether oxygens (including phenoxy) is 2. The summed E-state index contributed by atoms with van der Waals surface area (Å²) < 4.78 is 11.6. The predicted molar refractivity (Wildman–Crippen MR) is 51.3 cm³/mol. The molecule has 1 aliphatic carbocycles. The molecule has 1 aliphatic heterocycles. The van der Waals surface area contributed by atoms with Crippen LogP contribution >= 0.6 is 0 Å². The Hall–Kier alpha value is -0.340. The minimum absolute atomic E-state index is 0.0486. The van der Waals surface area contributed by atoms with E-state index in [9.17, 15) is 0 Å². The van der Waals surface area contributed by atoms with Gasteiger partial charge in [-0.2, -0.15) is 0 Å². The van der Waals surface area contributed by atoms with Crippen molar-refractivity contribution in [3.63, 3.8) is 0 Å². The molecule has 0 aromatic heterocycles. The van der Waals surface area contributed by atoms with Crippen LogP contribution in [0.4, 0.5) is 0 Å². The SMILES string of the molecule is C=C1C(C)(C)C2(OCCO2)C1(C)C. The van der Waals surface area contributed by atoms with E-state index in [0.29, 0.717) is 13.2 Å². The van der Waals surface area contributed by atoms with Crippen molar-refractivity contribution >= 4 is 0 Å². The van der Waals surface area contributed by atoms with E-state index < -0.39 is 5.79 Å². The second-order valence-electron chi connectivity index (χ2n) is 5.04. The van der Waals surface area contributed by atoms with Crippen molar-refractivity contribution in [2.45, 2.75) is 33.5 Å². The van der Waals surface area contributed by atoms with Gasteiger partial charge in [0.2, 0.25) is 0 Å². The summed E-state index contributed by atoms with van der Waals surface area (Å²) >= 11 is 0. The molecular formula is C11H18O2. The van der Waals surface area contributed by atoms with E-state index in [0.717, 1.165) is 0 Å². The number of rotatable bonds is 0. The van der Waals surface area contributed by atoms with E-state index in [2.05, 4.69) is 34.3 Å². The first-order valence-electron chi connectivity index (χ1n) is 4.84. The van der Waals surface area contributed by atoms with E-state index >= 15 is 0 Å². The number of hydrogen-bond acceptors (Lipinski definition) is 2. The molecule has 1 saturated carbocycles. The molecule has 0 bridgehead atoms. The maximum atomic E-state index is 5.79. The molecule has 0 amide bonds. The molecule has 0 radical (unpaired) electrons. The third-order valence-corrected chi connectivity index (χ3v) is 3.85. The van der Waals surface area contributed by atoms with Crippen LogP contribution in [0.5, 0.6) is 0 Å². The summed E-state index contributed by atoms with van der Waals surface area (Å²) in [6, 6.07) is 0. The van der Waals surface area contributed by atoms with Crippen molar-refractivity contribution in [1.29, 1.82) is 0 Å². The Kier molecular flexibility index (Phi) is 1.55. The lowest BCUT2D eigenvalue weighted by atomic mass is 9.47. The number of hydrogen-bond donors (Lipinski definition) is 0. The average molecular weight is 182 g/mol. The van der Waals surface area contributed by atoms with Gasteiger partial charge >= 0.3 is 0 Å². The molecule has 0 aromatic carbocycles. The van der Waals surface area contributed by atoms with Crippen LogP contribution in [-0.2, 0) is 9.47 Å². The van der Waals surface area contributed by atoms with Crippen molar-refractivity contribution in [3.05, 3.63) is 12.2 Å². The standard InChI is InChI=1S/C11H18O2/c1-8-9(2,3)11(10(8,4)5)12-6-7-13-11/h1,6-7H2,2-5H3. The highest BCUT2D eigenvalue weighted by Crippen LogP contribution is 2.68. The molecule has 0 aromatic rings. The average Bonchev–Trinajstić information content (AvgIpc) is 2.52. The molecule has 74 valence electrons. The van der Waals surface area contributed by atoms with Crippen LogP contribution in [0.1, 0.15) is 27.7 Å². The van der Waals surface area contributed by atoms with E-state index in [1.807, 2.05) is 0 Å². The summed E-state index contributed by atoms with van der Waals surface area (Å²) in [5.74, 6) is -0.420. The smallest absolute Gasteiger partial charge is 0.186 e. The molecule has 1 heterocycles. The Morgan fingerprint density at radius 1 is 1.00 bits per heavy atom. The lowest BCUT2D eigenvalue weighted by molar-refractivity contribution is -0.319. The molecule has 1 spiro atoms. The molecule has 13 heavy (non-hydrogen) atoms. The van der Waals surface area contributed by atoms with E-state index in [-0.39, 0.29) is 10.8 Å². The maximum Gasteiger partial charge on any atom is 0.186 e. The molecule has 2 heteroatoms. The summed E-state index contributed by atoms with van der Waals surface area (Å²) in [6.07, 6.45) is 0. The van der Waals surface area contributed by atoms with Crippen molar-refractivity contribution in [2.24, 2.45) is 10.8 Å². The molecule has 1 saturated heterocycles. The molecule has 2 fully saturated rings. The molecule has 0 atom stereocenters. The van der Waals surface area contributed by atoms with Gasteiger partial charge < -0.3 is 9.47 Å². The fourth-order valence-corrected chi connectivity index (χ4v) is 3.03. The van der Waals surface area contributed by atoms with Crippen molar-refractivity contribution < 1.29 is 9.47 Å². The summed E-state index contributed by atoms with van der Waals surface area (Å²) in [5.41, 5.74) is 1.13. The Bertz CT molecular complexity index is 237. The predicted octanol–water partition coefficient (Wildman–Crippen LogP) is 2.35. The second-order valence-corrected chi connectivity index (χ2v) is 5.04. The monoisotopic (exact) mass is 182 g/mol. The van der Waals surface area contributed by atoms with Gasteiger partial charge in [0.15, 0.2) is 5.79 Å². The van der Waals surface area contributed by atoms with Gasteiger partial charge in [0.05, 0.1) is 13.2 Å². The zero-order valence-corrected chi connectivity index (χ0v) is 8.94. The van der Waals surface area contributed by atoms with Crippen LogP contribution in [0.2, 0.25) is 0 Å². The van der Waals surface area contributed by atoms with Crippen LogP contribution < -0.4 is 0 Å². The molecule has 2 rings (SSSR count). The topological polar surface area (TPSA) is 18.5 Å². The minimum Gasteiger partial charge on any atom is -0.346 e. The summed E-state index contributed by atoms with van der Waals surface area (Å²) in [4.78, 5) is 0. The Balaban J connectivity index is 2.42. The van der Waals surface area contributed by atoms with Gasteiger partial charge in [0, 0.05) is 10.8 Å². The van der Waals surface area contributed by atoms with Crippen LogP contribution in [0, 0.1) is 10.8 Å². The fraction of sp³-hybridized carbons (Fsp3) is 0.818. The van der Waals surface area contributed by atoms with Gasteiger partial charge in [-0.25, -0.2) is 0 Å². The van der Waals surface area contributed by atoms with Gasteiger partial charge in [-0.3, -0.25) is 0 Å². The van der Waals surface area contributed by atoms with Crippen LogP contribution in [-0.4, -0.2) is 19.0 Å². The highest BCUT2D eigenvalue weighted by atomic mass is 16.7. The summed E-state index contributed by atoms with van der Waals surface area (Å²) in [7, 11) is 0. The van der Waals surface area contributed by atoms with Crippen LogP contribution in [0.3, 0.4) is 0 Å². The van der Waals surface area contributed by atoms with Crippen molar-refractivity contribution in [2.75, 3.05) is 13.2 Å². The molecule has 0 unspecified atom stereocenters. The lowest BCUT2D eigenvalue weighted by Gasteiger charge is -2.64. The van der Waals surface area contributed by atoms with Gasteiger partial charge in [-0.1, -0.05) is 39.8 Å². The molecule has 2 nitrogen and oxygen atoms in total. The van der Waals surface area contributed by atoms with Gasteiger partial charge in [-0.15, -0.1) is 0 Å². The molecule has 0 N–H and O–H groups in total. The highest BCUT2D eigenvalue weighted by Gasteiger charge is 2.72. The Morgan fingerprint density at radius 3 is 1.77 bits per heavy atom. The van der Waals surface area contributed by atoms with E-state index in [1.165, 1.54) is 5.57 Å². The quantitative estimate of drug-likeness (QED) is 0.535. The first-order chi connectivity index (χ1) is 5.86. The van der Waals surface area contributed by atoms with Crippen LogP contribution in [0.25, 0.3) is 0 Å². The zero-order chi connectivity index (χ0) is 9.91. The first-order valence-corrected chi connectivity index (χ1v) is 4.84. The van der Waals surface area contributed by atoms with Crippen LogP contribution in [0.15, 0.2) is 12.2 Å². The Morgan fingerprint density at radius 2 is 1.38 bits per heavy atom. The third kappa shape index (κ3) is 0.728. The Labute approximate surface area is 79.9 Å². The fourth-order valence-electron chi connectivity index (χ4n) is 3.03. The highest BCUT2D eigenvalue weighted by molar-refractivity contribution is 5.37. The van der Waals surface area contributed by atoms with Crippen molar-refractivity contribution in [1.82, 2.24) is 0 Å². The minimum atomic E-state index is -0.420. The van der Waals surface area contributed by atoms with E-state index in [1.54, 1.807) is 0 Å². The maximum absolute atomic E-state index is 5.79. The third-order valence-electron chi connectivity index (χ3n) is 3.85. The van der Waals surface area contributed by atoms with Crippen molar-refractivity contribution in [3.8, 4) is 0 Å². The summed E-state index contributed by atoms with van der Waals surface area (Å²) in [6.45, 7) is 14.1. The van der Waals surface area contributed by atoms with Gasteiger partial charge in [0.1, 0.15) is 0 Å². The molecular weight excluding hydrogens is 164 g/mol. The molecule has 2 aliphatic rings. The zero-order valence-electron chi connectivity index (χ0n) is 8.94. The second kappa shape index (κ2) is 2.18. The lowest BCUT2D eigenvalue weighted by Crippen LogP contribution is -2.69.